The number of amides is 1. The van der Waals surface area contributed by atoms with Crippen LogP contribution in [0.3, 0.4) is 0 Å². The predicted octanol–water partition coefficient (Wildman–Crippen LogP) is 1.44. The number of aromatic nitrogens is 2. The van der Waals surface area contributed by atoms with Gasteiger partial charge >= 0.3 is 0 Å². The topological polar surface area (TPSA) is 67.2 Å². The smallest absolute Gasteiger partial charge is 0.255 e. The zero-order valence-corrected chi connectivity index (χ0v) is 11.6. The molecule has 104 valence electrons. The van der Waals surface area contributed by atoms with Crippen LogP contribution < -0.4 is 5.32 Å². The van der Waals surface area contributed by atoms with Crippen LogP contribution in [0.1, 0.15) is 42.4 Å². The third-order valence-corrected chi connectivity index (χ3v) is 3.50. The lowest BCUT2D eigenvalue weighted by Gasteiger charge is -2.13. The van der Waals surface area contributed by atoms with Crippen molar-refractivity contribution in [3.63, 3.8) is 0 Å². The molecule has 0 radical (unpaired) electrons. The Morgan fingerprint density at radius 1 is 1.58 bits per heavy atom. The molecule has 0 unspecified atom stereocenters. The summed E-state index contributed by atoms with van der Waals surface area (Å²) in [6.45, 7) is 6.11. The van der Waals surface area contributed by atoms with Crippen molar-refractivity contribution in [3.8, 4) is 0 Å². The fourth-order valence-electron chi connectivity index (χ4n) is 2.43. The van der Waals surface area contributed by atoms with E-state index >= 15 is 0 Å². The van der Waals surface area contributed by atoms with Gasteiger partial charge in [-0.2, -0.15) is 5.10 Å². The van der Waals surface area contributed by atoms with Crippen molar-refractivity contribution < 1.29 is 9.90 Å². The Balaban J connectivity index is 2.03. The van der Waals surface area contributed by atoms with Crippen molar-refractivity contribution >= 4 is 5.91 Å². The Morgan fingerprint density at radius 2 is 2.32 bits per heavy atom. The number of aliphatic hydroxyl groups is 1. The van der Waals surface area contributed by atoms with Crippen molar-refractivity contribution in [1.82, 2.24) is 15.1 Å². The molecule has 0 aromatic carbocycles. The second-order valence-electron chi connectivity index (χ2n) is 5.33. The molecule has 5 nitrogen and oxygen atoms in total. The molecule has 5 heteroatoms. The molecule has 2 atom stereocenters. The van der Waals surface area contributed by atoms with E-state index in [1.165, 1.54) is 0 Å². The number of carbonyl (C=O) groups is 1. The predicted molar refractivity (Wildman–Crippen MR) is 72.9 cm³/mol. The molecule has 1 aliphatic rings. The first-order chi connectivity index (χ1) is 9.02. The maximum atomic E-state index is 12.2. The van der Waals surface area contributed by atoms with E-state index < -0.39 is 0 Å². The van der Waals surface area contributed by atoms with Crippen LogP contribution in [0.5, 0.6) is 0 Å². The van der Waals surface area contributed by atoms with Gasteiger partial charge < -0.3 is 10.4 Å². The monoisotopic (exact) mass is 263 g/mol. The van der Waals surface area contributed by atoms with Gasteiger partial charge in [0.15, 0.2) is 0 Å². The van der Waals surface area contributed by atoms with Crippen LogP contribution in [0.2, 0.25) is 0 Å². The zero-order chi connectivity index (χ0) is 14.0. The molecule has 2 N–H and O–H groups in total. The molecular formula is C14H21N3O2. The van der Waals surface area contributed by atoms with Gasteiger partial charge in [-0.1, -0.05) is 12.2 Å². The van der Waals surface area contributed by atoms with Gasteiger partial charge in [-0.15, -0.1) is 0 Å². The van der Waals surface area contributed by atoms with Crippen LogP contribution in [0.15, 0.2) is 18.3 Å². The average Bonchev–Trinajstić information content (AvgIpc) is 2.95. The number of rotatable bonds is 4. The molecule has 19 heavy (non-hydrogen) atoms. The average molecular weight is 263 g/mol. The first-order valence-electron chi connectivity index (χ1n) is 6.67. The Kier molecular flexibility index (Phi) is 4.04. The summed E-state index contributed by atoms with van der Waals surface area (Å²) in [5.74, 6) is 0.0578. The van der Waals surface area contributed by atoms with Gasteiger partial charge in [-0.05, 0) is 27.2 Å². The van der Waals surface area contributed by atoms with Crippen LogP contribution in [-0.2, 0) is 0 Å². The van der Waals surface area contributed by atoms with Crippen molar-refractivity contribution in [3.05, 3.63) is 29.6 Å². The summed E-state index contributed by atoms with van der Waals surface area (Å²) < 4.78 is 1.84. The molecule has 1 aliphatic carbocycles. The van der Waals surface area contributed by atoms with Crippen LogP contribution in [0, 0.1) is 12.8 Å². The standard InChI is InChI=1S/C14H21N3O2/c1-9(2)17-10(3)13(7-15-17)14(19)16-12-5-4-11(6-12)8-18/h4-5,7,9,11-12,18H,6,8H2,1-3H3,(H,16,19)/t11-,12+/m0/s1. The first kappa shape index (κ1) is 13.8. The molecule has 1 aromatic heterocycles. The van der Waals surface area contributed by atoms with Crippen LogP contribution in [-0.4, -0.2) is 33.4 Å². The normalized spacial score (nSPS) is 22.2. The molecule has 1 heterocycles. The fraction of sp³-hybridized carbons (Fsp3) is 0.571. The van der Waals surface area contributed by atoms with Gasteiger partial charge in [0.25, 0.3) is 5.91 Å². The third-order valence-electron chi connectivity index (χ3n) is 3.50. The molecule has 0 spiro atoms. The maximum Gasteiger partial charge on any atom is 0.255 e. The van der Waals surface area contributed by atoms with E-state index in [4.69, 9.17) is 5.11 Å². The molecule has 0 aliphatic heterocycles. The maximum absolute atomic E-state index is 12.2. The van der Waals surface area contributed by atoms with E-state index in [9.17, 15) is 4.79 Å². The summed E-state index contributed by atoms with van der Waals surface area (Å²) in [7, 11) is 0. The van der Waals surface area contributed by atoms with Gasteiger partial charge in [-0.25, -0.2) is 0 Å². The summed E-state index contributed by atoms with van der Waals surface area (Å²) in [6, 6.07) is 0.248. The highest BCUT2D eigenvalue weighted by Crippen LogP contribution is 2.18. The second kappa shape index (κ2) is 5.57. The van der Waals surface area contributed by atoms with E-state index in [0.29, 0.717) is 5.56 Å². The molecule has 1 amide bonds. The molecule has 2 rings (SSSR count). The van der Waals surface area contributed by atoms with Crippen molar-refractivity contribution in [2.75, 3.05) is 6.61 Å². The van der Waals surface area contributed by atoms with Gasteiger partial charge in [0.2, 0.25) is 0 Å². The van der Waals surface area contributed by atoms with Gasteiger partial charge in [0.05, 0.1) is 11.8 Å². The van der Waals surface area contributed by atoms with Crippen LogP contribution >= 0.6 is 0 Å². The lowest BCUT2D eigenvalue weighted by Crippen LogP contribution is -2.33. The second-order valence-corrected chi connectivity index (χ2v) is 5.33. The number of aliphatic hydroxyl groups excluding tert-OH is 1. The summed E-state index contributed by atoms with van der Waals surface area (Å²) >= 11 is 0. The van der Waals surface area contributed by atoms with Gasteiger partial charge in [0.1, 0.15) is 0 Å². The molecule has 0 fully saturated rings. The van der Waals surface area contributed by atoms with E-state index in [0.717, 1.165) is 12.1 Å². The molecular weight excluding hydrogens is 242 g/mol. The van der Waals surface area contributed by atoms with Crippen molar-refractivity contribution in [2.45, 2.75) is 39.3 Å². The quantitative estimate of drug-likeness (QED) is 0.808. The number of hydrogen-bond acceptors (Lipinski definition) is 3. The third kappa shape index (κ3) is 2.87. The lowest BCUT2D eigenvalue weighted by molar-refractivity contribution is 0.0940. The Hall–Kier alpha value is -1.62. The largest absolute Gasteiger partial charge is 0.396 e. The number of carbonyl (C=O) groups excluding carboxylic acids is 1. The van der Waals surface area contributed by atoms with Crippen molar-refractivity contribution in [2.24, 2.45) is 5.92 Å². The molecule has 0 saturated carbocycles. The van der Waals surface area contributed by atoms with Crippen molar-refractivity contribution in [1.29, 1.82) is 0 Å². The summed E-state index contributed by atoms with van der Waals surface area (Å²) in [6.07, 6.45) is 6.28. The number of nitrogens with zero attached hydrogens (tertiary/aromatic N) is 2. The SMILES string of the molecule is Cc1c(C(=O)N[C@@H]2C=C[C@H](CO)C2)cnn1C(C)C. The van der Waals surface area contributed by atoms with E-state index in [1.54, 1.807) is 6.20 Å². The summed E-state index contributed by atoms with van der Waals surface area (Å²) in [5, 5.41) is 16.3. The van der Waals surface area contributed by atoms with E-state index in [1.807, 2.05) is 37.6 Å². The Bertz CT molecular complexity index is 491. The summed E-state index contributed by atoms with van der Waals surface area (Å²) in [5.41, 5.74) is 1.50. The molecule has 0 bridgehead atoms. The van der Waals surface area contributed by atoms with E-state index in [-0.39, 0.29) is 30.5 Å². The minimum Gasteiger partial charge on any atom is -0.396 e. The van der Waals surface area contributed by atoms with E-state index in [2.05, 4.69) is 10.4 Å². The highest BCUT2D eigenvalue weighted by Gasteiger charge is 2.22. The first-order valence-corrected chi connectivity index (χ1v) is 6.67. The fourth-order valence-corrected chi connectivity index (χ4v) is 2.43. The minimum atomic E-state index is -0.0994. The van der Waals surface area contributed by atoms with Crippen LogP contribution in [0.25, 0.3) is 0 Å². The van der Waals surface area contributed by atoms with Gasteiger partial charge in [0, 0.05) is 30.3 Å². The zero-order valence-electron chi connectivity index (χ0n) is 11.6. The highest BCUT2D eigenvalue weighted by molar-refractivity contribution is 5.95. The van der Waals surface area contributed by atoms with Crippen LogP contribution in [0.4, 0.5) is 0 Å². The Morgan fingerprint density at radius 3 is 2.84 bits per heavy atom. The molecule has 0 saturated heterocycles. The molecule has 1 aromatic rings. The summed E-state index contributed by atoms with van der Waals surface area (Å²) in [4.78, 5) is 12.2. The Labute approximate surface area is 113 Å². The number of nitrogens with one attached hydrogen (secondary N) is 1. The number of hydrogen-bond donors (Lipinski definition) is 2. The van der Waals surface area contributed by atoms with Gasteiger partial charge in [-0.3, -0.25) is 9.48 Å². The lowest BCUT2D eigenvalue weighted by atomic mass is 10.1. The highest BCUT2D eigenvalue weighted by atomic mass is 16.3. The minimum absolute atomic E-state index is 0.00597.